The lowest BCUT2D eigenvalue weighted by Gasteiger charge is -2.20. The van der Waals surface area contributed by atoms with Crippen molar-refractivity contribution in [3.63, 3.8) is 0 Å². The average molecular weight is 404 g/mol. The fourth-order valence-corrected chi connectivity index (χ4v) is 3.92. The van der Waals surface area contributed by atoms with Gasteiger partial charge in [0.05, 0.1) is 17.3 Å². The van der Waals surface area contributed by atoms with Gasteiger partial charge in [0.2, 0.25) is 0 Å². The molecule has 0 radical (unpaired) electrons. The number of carbonyl (C=O) groups excluding carboxylic acids is 2. The Morgan fingerprint density at radius 2 is 1.93 bits per heavy atom. The van der Waals surface area contributed by atoms with Crippen LogP contribution in [-0.4, -0.2) is 36.2 Å². The zero-order valence-electron chi connectivity index (χ0n) is 17.0. The van der Waals surface area contributed by atoms with Crippen LogP contribution < -0.4 is 10.6 Å². The predicted octanol–water partition coefficient (Wildman–Crippen LogP) is 3.93. The fraction of sp³-hybridized carbons (Fsp3) is 0.476. The second kappa shape index (κ2) is 10.8. The summed E-state index contributed by atoms with van der Waals surface area (Å²) in [6.45, 7) is 8.43. The highest BCUT2D eigenvalue weighted by molar-refractivity contribution is 7.13. The Morgan fingerprint density at radius 1 is 1.21 bits per heavy atom. The Kier molecular flexibility index (Phi) is 8.44. The van der Waals surface area contributed by atoms with Crippen LogP contribution in [0.5, 0.6) is 0 Å². The van der Waals surface area contributed by atoms with Crippen LogP contribution >= 0.6 is 11.3 Å². The Morgan fingerprint density at radius 3 is 2.57 bits per heavy atom. The van der Waals surface area contributed by atoms with Crippen molar-refractivity contribution < 1.29 is 14.3 Å². The molecule has 1 aromatic heterocycles. The summed E-state index contributed by atoms with van der Waals surface area (Å²) in [7, 11) is 0. The number of aromatic nitrogens is 1. The van der Waals surface area contributed by atoms with Crippen LogP contribution in [0.1, 0.15) is 53.1 Å². The third-order valence-electron chi connectivity index (χ3n) is 4.11. The SMILES string of the molecule is CCOC(=O)NC(CNC(=O)c1sc(Cc2ccccc2)nc1C)CC(C)C. The quantitative estimate of drug-likeness (QED) is 0.665. The average Bonchev–Trinajstić information content (AvgIpc) is 3.00. The van der Waals surface area contributed by atoms with Crippen LogP contribution in [0.4, 0.5) is 4.79 Å². The maximum absolute atomic E-state index is 12.6. The number of nitrogens with one attached hydrogen (secondary N) is 2. The Hall–Kier alpha value is -2.41. The zero-order valence-corrected chi connectivity index (χ0v) is 17.8. The molecule has 152 valence electrons. The minimum absolute atomic E-state index is 0.159. The van der Waals surface area contributed by atoms with Crippen LogP contribution in [0, 0.1) is 12.8 Å². The number of thiazole rings is 1. The minimum atomic E-state index is -0.457. The zero-order chi connectivity index (χ0) is 20.5. The summed E-state index contributed by atoms with van der Waals surface area (Å²) in [5, 5.41) is 6.67. The van der Waals surface area contributed by atoms with Crippen molar-refractivity contribution in [3.8, 4) is 0 Å². The molecule has 0 bridgehead atoms. The summed E-state index contributed by atoms with van der Waals surface area (Å²) in [4.78, 5) is 29.5. The van der Waals surface area contributed by atoms with Crippen LogP contribution in [0.25, 0.3) is 0 Å². The Labute approximate surface area is 170 Å². The van der Waals surface area contributed by atoms with E-state index in [1.807, 2.05) is 37.3 Å². The smallest absolute Gasteiger partial charge is 0.407 e. The third-order valence-corrected chi connectivity index (χ3v) is 5.26. The second-order valence-corrected chi connectivity index (χ2v) is 8.17. The number of carbonyl (C=O) groups is 2. The lowest BCUT2D eigenvalue weighted by atomic mass is 10.0. The molecule has 1 unspecified atom stereocenters. The van der Waals surface area contributed by atoms with Gasteiger partial charge in [-0.2, -0.15) is 0 Å². The minimum Gasteiger partial charge on any atom is -0.450 e. The molecular weight excluding hydrogens is 374 g/mol. The van der Waals surface area contributed by atoms with E-state index in [0.717, 1.165) is 17.1 Å². The molecule has 2 rings (SSSR count). The maximum Gasteiger partial charge on any atom is 0.407 e. The van der Waals surface area contributed by atoms with Gasteiger partial charge in [-0.1, -0.05) is 44.2 Å². The van der Waals surface area contributed by atoms with Crippen molar-refractivity contribution in [2.75, 3.05) is 13.2 Å². The van der Waals surface area contributed by atoms with E-state index in [0.29, 0.717) is 30.4 Å². The molecule has 0 aliphatic heterocycles. The van der Waals surface area contributed by atoms with Crippen LogP contribution in [-0.2, 0) is 11.2 Å². The van der Waals surface area contributed by atoms with Crippen molar-refractivity contribution in [1.29, 1.82) is 0 Å². The van der Waals surface area contributed by atoms with E-state index in [2.05, 4.69) is 29.5 Å². The number of ether oxygens (including phenoxy) is 1. The van der Waals surface area contributed by atoms with E-state index in [4.69, 9.17) is 4.74 Å². The van der Waals surface area contributed by atoms with Gasteiger partial charge in [-0.25, -0.2) is 9.78 Å². The monoisotopic (exact) mass is 403 g/mol. The molecule has 1 aromatic carbocycles. The molecule has 0 aliphatic carbocycles. The van der Waals surface area contributed by atoms with E-state index < -0.39 is 6.09 Å². The molecule has 2 N–H and O–H groups in total. The highest BCUT2D eigenvalue weighted by atomic mass is 32.1. The first-order valence-electron chi connectivity index (χ1n) is 9.60. The Balaban J connectivity index is 1.97. The van der Waals surface area contributed by atoms with Crippen LogP contribution in [0.2, 0.25) is 0 Å². The fourth-order valence-electron chi connectivity index (χ4n) is 2.91. The van der Waals surface area contributed by atoms with Crippen molar-refractivity contribution in [1.82, 2.24) is 15.6 Å². The molecule has 0 spiro atoms. The van der Waals surface area contributed by atoms with Gasteiger partial charge in [-0.3, -0.25) is 4.79 Å². The predicted molar refractivity (Wildman–Crippen MR) is 112 cm³/mol. The summed E-state index contributed by atoms with van der Waals surface area (Å²) in [5.74, 6) is 0.222. The second-order valence-electron chi connectivity index (χ2n) is 7.09. The molecule has 2 aromatic rings. The lowest BCUT2D eigenvalue weighted by molar-refractivity contribution is 0.0947. The standard InChI is InChI=1S/C21H29N3O3S/c1-5-27-21(26)24-17(11-14(2)3)13-22-20(25)19-15(4)23-18(28-19)12-16-9-7-6-8-10-16/h6-10,14,17H,5,11-13H2,1-4H3,(H,22,25)(H,24,26). The van der Waals surface area contributed by atoms with E-state index in [-0.39, 0.29) is 11.9 Å². The third kappa shape index (κ3) is 6.96. The summed E-state index contributed by atoms with van der Waals surface area (Å²) >= 11 is 1.41. The van der Waals surface area contributed by atoms with Crippen molar-refractivity contribution in [2.24, 2.45) is 5.92 Å². The lowest BCUT2D eigenvalue weighted by Crippen LogP contribution is -2.44. The maximum atomic E-state index is 12.6. The van der Waals surface area contributed by atoms with Gasteiger partial charge >= 0.3 is 6.09 Å². The molecule has 1 heterocycles. The van der Waals surface area contributed by atoms with Gasteiger partial charge in [-0.15, -0.1) is 11.3 Å². The molecule has 1 atom stereocenters. The molecule has 0 saturated carbocycles. The van der Waals surface area contributed by atoms with E-state index in [1.54, 1.807) is 6.92 Å². The number of amides is 2. The largest absolute Gasteiger partial charge is 0.450 e. The number of alkyl carbamates (subject to hydrolysis) is 1. The first kappa shape index (κ1) is 21.9. The van der Waals surface area contributed by atoms with Gasteiger partial charge in [0.1, 0.15) is 4.88 Å². The first-order chi connectivity index (χ1) is 13.4. The highest BCUT2D eigenvalue weighted by Crippen LogP contribution is 2.21. The number of nitrogens with zero attached hydrogens (tertiary/aromatic N) is 1. The molecule has 2 amide bonds. The molecule has 0 fully saturated rings. The van der Waals surface area contributed by atoms with Crippen molar-refractivity contribution >= 4 is 23.3 Å². The number of benzene rings is 1. The number of hydrogen-bond acceptors (Lipinski definition) is 5. The summed E-state index contributed by atoms with van der Waals surface area (Å²) in [5.41, 5.74) is 1.89. The van der Waals surface area contributed by atoms with Gasteiger partial charge in [0.25, 0.3) is 5.91 Å². The van der Waals surface area contributed by atoms with E-state index in [1.165, 1.54) is 16.9 Å². The molecular formula is C21H29N3O3S. The first-order valence-corrected chi connectivity index (χ1v) is 10.4. The van der Waals surface area contributed by atoms with E-state index in [9.17, 15) is 9.59 Å². The highest BCUT2D eigenvalue weighted by Gasteiger charge is 2.19. The number of rotatable bonds is 9. The topological polar surface area (TPSA) is 80.3 Å². The number of hydrogen-bond donors (Lipinski definition) is 2. The van der Waals surface area contributed by atoms with Gasteiger partial charge in [0.15, 0.2) is 0 Å². The van der Waals surface area contributed by atoms with Crippen LogP contribution in [0.3, 0.4) is 0 Å². The molecule has 6 nitrogen and oxygen atoms in total. The molecule has 0 saturated heterocycles. The van der Waals surface area contributed by atoms with Crippen molar-refractivity contribution in [2.45, 2.75) is 46.6 Å². The van der Waals surface area contributed by atoms with Gasteiger partial charge < -0.3 is 15.4 Å². The number of aryl methyl sites for hydroxylation is 1. The summed E-state index contributed by atoms with van der Waals surface area (Å²) in [6, 6.07) is 9.89. The van der Waals surface area contributed by atoms with Crippen LogP contribution in [0.15, 0.2) is 30.3 Å². The molecule has 7 heteroatoms. The summed E-state index contributed by atoms with van der Waals surface area (Å²) < 4.78 is 4.95. The molecule has 28 heavy (non-hydrogen) atoms. The normalized spacial score (nSPS) is 11.9. The molecule has 0 aliphatic rings. The van der Waals surface area contributed by atoms with Gasteiger partial charge in [0, 0.05) is 19.0 Å². The summed E-state index contributed by atoms with van der Waals surface area (Å²) in [6.07, 6.45) is 1.00. The van der Waals surface area contributed by atoms with Gasteiger partial charge in [-0.05, 0) is 31.7 Å². The van der Waals surface area contributed by atoms with Crippen molar-refractivity contribution in [3.05, 3.63) is 51.5 Å². The Bertz CT molecular complexity index is 774. The van der Waals surface area contributed by atoms with E-state index >= 15 is 0 Å².